The van der Waals surface area contributed by atoms with Gasteiger partial charge in [-0.3, -0.25) is 19.3 Å². The molecule has 1 fully saturated rings. The highest BCUT2D eigenvalue weighted by atomic mass is 32.2. The molecule has 0 spiro atoms. The molecule has 0 saturated carbocycles. The van der Waals surface area contributed by atoms with Crippen molar-refractivity contribution in [3.8, 4) is 23.8 Å². The fourth-order valence-corrected chi connectivity index (χ4v) is 3.48. The number of rotatable bonds is 7. The Labute approximate surface area is 182 Å². The number of anilines is 1. The minimum Gasteiger partial charge on any atom is -0.493 e. The maximum Gasteiger partial charge on any atom is 0.294 e. The number of amides is 3. The van der Waals surface area contributed by atoms with E-state index >= 15 is 0 Å². The van der Waals surface area contributed by atoms with Crippen LogP contribution in [-0.2, 0) is 9.59 Å². The van der Waals surface area contributed by atoms with Crippen LogP contribution in [0.2, 0.25) is 0 Å². The van der Waals surface area contributed by atoms with Crippen molar-refractivity contribution < 1.29 is 28.2 Å². The summed E-state index contributed by atoms with van der Waals surface area (Å²) in [5, 5.41) is 2.17. The van der Waals surface area contributed by atoms with E-state index in [1.807, 2.05) is 0 Å². The Balaban J connectivity index is 1.67. The summed E-state index contributed by atoms with van der Waals surface area (Å²) >= 11 is 0.805. The molecule has 1 aliphatic rings. The number of thioether (sulfide) groups is 1. The number of carbonyl (C=O) groups is 3. The van der Waals surface area contributed by atoms with Crippen LogP contribution in [0.25, 0.3) is 6.08 Å². The molecule has 158 valence electrons. The zero-order valence-corrected chi connectivity index (χ0v) is 17.2. The number of methoxy groups -OCH3 is 1. The van der Waals surface area contributed by atoms with Crippen molar-refractivity contribution in [2.45, 2.75) is 0 Å². The quantitative estimate of drug-likeness (QED) is 0.524. The minimum absolute atomic E-state index is 0.0852. The Morgan fingerprint density at radius 3 is 2.65 bits per heavy atom. The second kappa shape index (κ2) is 9.82. The molecule has 1 saturated heterocycles. The molecule has 0 bridgehead atoms. The van der Waals surface area contributed by atoms with E-state index in [0.29, 0.717) is 22.7 Å². The van der Waals surface area contributed by atoms with E-state index in [0.717, 1.165) is 16.7 Å². The molecule has 3 amide bonds. The predicted octanol–water partition coefficient (Wildman–Crippen LogP) is 3.52. The first kappa shape index (κ1) is 21.9. The lowest BCUT2D eigenvalue weighted by Crippen LogP contribution is -2.28. The van der Waals surface area contributed by atoms with Crippen LogP contribution in [0.5, 0.6) is 11.5 Å². The van der Waals surface area contributed by atoms with Crippen LogP contribution in [0.4, 0.5) is 14.9 Å². The molecule has 3 rings (SSSR count). The number of imide groups is 1. The summed E-state index contributed by atoms with van der Waals surface area (Å²) in [4.78, 5) is 37.4. The van der Waals surface area contributed by atoms with Gasteiger partial charge < -0.3 is 14.8 Å². The molecule has 1 aliphatic heterocycles. The van der Waals surface area contributed by atoms with Gasteiger partial charge in [0.25, 0.3) is 17.1 Å². The predicted molar refractivity (Wildman–Crippen MR) is 115 cm³/mol. The van der Waals surface area contributed by atoms with Crippen LogP contribution in [0.1, 0.15) is 5.56 Å². The molecule has 9 heteroatoms. The third-order valence-corrected chi connectivity index (χ3v) is 5.00. The van der Waals surface area contributed by atoms with E-state index in [1.165, 1.54) is 31.4 Å². The molecule has 0 aromatic heterocycles. The maximum atomic E-state index is 12.9. The van der Waals surface area contributed by atoms with Gasteiger partial charge in [0.05, 0.1) is 18.6 Å². The lowest BCUT2D eigenvalue weighted by molar-refractivity contribution is -0.122. The Bertz CT molecular complexity index is 1090. The molecule has 1 N–H and O–H groups in total. The van der Waals surface area contributed by atoms with Crippen LogP contribution < -0.4 is 14.8 Å². The Morgan fingerprint density at radius 2 is 1.97 bits per heavy atom. The van der Waals surface area contributed by atoms with Gasteiger partial charge in [-0.2, -0.15) is 0 Å². The summed E-state index contributed by atoms with van der Waals surface area (Å²) in [6.45, 7) is -0.379. The molecular formula is C22H17FN2O5S. The molecule has 0 aliphatic carbocycles. The summed E-state index contributed by atoms with van der Waals surface area (Å²) in [6.07, 6.45) is 6.74. The molecule has 0 atom stereocenters. The minimum atomic E-state index is -0.454. The molecule has 7 nitrogen and oxygen atoms in total. The molecule has 2 aromatic rings. The fraction of sp³-hybridized carbons (Fsp3) is 0.136. The van der Waals surface area contributed by atoms with Crippen molar-refractivity contribution in [3.05, 3.63) is 58.8 Å². The molecule has 1 heterocycles. The highest BCUT2D eigenvalue weighted by molar-refractivity contribution is 8.18. The van der Waals surface area contributed by atoms with Crippen LogP contribution in [0.15, 0.2) is 47.4 Å². The zero-order chi connectivity index (χ0) is 22.4. The summed E-state index contributed by atoms with van der Waals surface area (Å²) in [7, 11) is 1.44. The summed E-state index contributed by atoms with van der Waals surface area (Å²) < 4.78 is 23.7. The number of hydrogen-bond acceptors (Lipinski definition) is 6. The van der Waals surface area contributed by atoms with E-state index < -0.39 is 22.9 Å². The topological polar surface area (TPSA) is 84.9 Å². The van der Waals surface area contributed by atoms with Crippen molar-refractivity contribution in [2.24, 2.45) is 0 Å². The normalized spacial score (nSPS) is 14.5. The van der Waals surface area contributed by atoms with Gasteiger partial charge in [-0.1, -0.05) is 12.0 Å². The lowest BCUT2D eigenvalue weighted by Gasteiger charge is -2.12. The first-order chi connectivity index (χ1) is 14.9. The molecule has 2 aromatic carbocycles. The van der Waals surface area contributed by atoms with Gasteiger partial charge in [0.2, 0.25) is 0 Å². The van der Waals surface area contributed by atoms with Gasteiger partial charge in [0.1, 0.15) is 5.82 Å². The number of halogens is 1. The van der Waals surface area contributed by atoms with Crippen LogP contribution >= 0.6 is 11.8 Å². The molecular weight excluding hydrogens is 423 g/mol. The SMILES string of the molecule is C#CCN1C(=O)S/C(=C\c2ccc(OCC(=O)Nc3ccc(F)cc3)c(OC)c2)C1=O. The first-order valence-corrected chi connectivity index (χ1v) is 9.78. The van der Waals surface area contributed by atoms with E-state index in [9.17, 15) is 18.8 Å². The molecule has 31 heavy (non-hydrogen) atoms. The number of nitrogens with one attached hydrogen (secondary N) is 1. The Morgan fingerprint density at radius 1 is 1.23 bits per heavy atom. The number of terminal acetylenes is 1. The van der Waals surface area contributed by atoms with Gasteiger partial charge in [0.15, 0.2) is 18.1 Å². The van der Waals surface area contributed by atoms with E-state index in [1.54, 1.807) is 24.3 Å². The van der Waals surface area contributed by atoms with Crippen LogP contribution in [0.3, 0.4) is 0 Å². The molecule has 0 unspecified atom stereocenters. The monoisotopic (exact) mass is 440 g/mol. The van der Waals surface area contributed by atoms with Gasteiger partial charge in [0, 0.05) is 5.69 Å². The second-order valence-corrected chi connectivity index (χ2v) is 7.22. The van der Waals surface area contributed by atoms with Gasteiger partial charge >= 0.3 is 0 Å². The number of ether oxygens (including phenoxy) is 2. The van der Waals surface area contributed by atoms with Crippen LogP contribution in [-0.4, -0.2) is 42.2 Å². The van der Waals surface area contributed by atoms with E-state index in [4.69, 9.17) is 15.9 Å². The lowest BCUT2D eigenvalue weighted by atomic mass is 10.2. The zero-order valence-electron chi connectivity index (χ0n) is 16.4. The third kappa shape index (κ3) is 5.43. The fourth-order valence-electron chi connectivity index (χ4n) is 2.65. The Hall–Kier alpha value is -3.77. The highest BCUT2D eigenvalue weighted by Crippen LogP contribution is 2.34. The summed E-state index contributed by atoms with van der Waals surface area (Å²) in [5.74, 6) is 1.64. The second-order valence-electron chi connectivity index (χ2n) is 6.23. The number of nitrogens with zero attached hydrogens (tertiary/aromatic N) is 1. The average Bonchev–Trinajstić information content (AvgIpc) is 3.02. The van der Waals surface area contributed by atoms with Gasteiger partial charge in [-0.25, -0.2) is 4.39 Å². The van der Waals surface area contributed by atoms with E-state index in [-0.39, 0.29) is 18.1 Å². The standard InChI is InChI=1S/C22H17FN2O5S/c1-3-10-25-21(27)19(31-22(25)28)12-14-4-9-17(18(11-14)29-2)30-13-20(26)24-16-7-5-15(23)6-8-16/h1,4-9,11-12H,10,13H2,2H3,(H,24,26)/b19-12-. The van der Waals surface area contributed by atoms with Crippen molar-refractivity contribution in [3.63, 3.8) is 0 Å². The summed E-state index contributed by atoms with van der Waals surface area (Å²) in [5.41, 5.74) is 1.04. The van der Waals surface area contributed by atoms with Crippen molar-refractivity contribution >= 4 is 40.6 Å². The number of benzene rings is 2. The largest absolute Gasteiger partial charge is 0.493 e. The molecule has 0 radical (unpaired) electrons. The third-order valence-electron chi connectivity index (χ3n) is 4.10. The first-order valence-electron chi connectivity index (χ1n) is 8.96. The van der Waals surface area contributed by atoms with Crippen molar-refractivity contribution in [1.82, 2.24) is 4.90 Å². The van der Waals surface area contributed by atoms with Crippen molar-refractivity contribution in [2.75, 3.05) is 25.6 Å². The average molecular weight is 440 g/mol. The van der Waals surface area contributed by atoms with Gasteiger partial charge in [-0.05, 0) is 59.8 Å². The number of hydrogen-bond donors (Lipinski definition) is 1. The van der Waals surface area contributed by atoms with Crippen molar-refractivity contribution in [1.29, 1.82) is 0 Å². The van der Waals surface area contributed by atoms with Crippen LogP contribution in [0, 0.1) is 18.2 Å². The summed E-state index contributed by atoms with van der Waals surface area (Å²) in [6, 6.07) is 10.2. The smallest absolute Gasteiger partial charge is 0.294 e. The number of carbonyl (C=O) groups excluding carboxylic acids is 3. The highest BCUT2D eigenvalue weighted by Gasteiger charge is 2.34. The maximum absolute atomic E-state index is 12.9. The van der Waals surface area contributed by atoms with Gasteiger partial charge in [-0.15, -0.1) is 6.42 Å². The van der Waals surface area contributed by atoms with E-state index in [2.05, 4.69) is 11.2 Å². The Kier molecular flexibility index (Phi) is 6.95.